The molecule has 6 heteroatoms. The van der Waals surface area contributed by atoms with E-state index in [0.29, 0.717) is 5.75 Å². The Morgan fingerprint density at radius 3 is 2.35 bits per heavy atom. The Kier molecular flexibility index (Phi) is 3.90. The fourth-order valence-electron chi connectivity index (χ4n) is 1.59. The van der Waals surface area contributed by atoms with Crippen molar-refractivity contribution >= 4 is 11.6 Å². The Hall–Kier alpha value is -1.75. The molecule has 0 fully saturated rings. The summed E-state index contributed by atoms with van der Waals surface area (Å²) < 4.78 is 43.3. The molecule has 0 saturated carbocycles. The number of hydrogen-bond donors (Lipinski definition) is 0. The lowest BCUT2D eigenvalue weighted by Gasteiger charge is -2.11. The Labute approximate surface area is 119 Å². The van der Waals surface area contributed by atoms with Gasteiger partial charge in [0.2, 0.25) is 5.88 Å². The van der Waals surface area contributed by atoms with Crippen LogP contribution < -0.4 is 4.74 Å². The Bertz CT molecular complexity index is 641. The predicted octanol–water partition coefficient (Wildman–Crippen LogP) is 5.16. The summed E-state index contributed by atoms with van der Waals surface area (Å²) in [6.07, 6.45) is -4.49. The number of hydrogen-bond acceptors (Lipinski definition) is 2. The molecular weight excluding hydrogens is 291 g/mol. The zero-order valence-corrected chi connectivity index (χ0v) is 11.5. The van der Waals surface area contributed by atoms with E-state index in [2.05, 4.69) is 4.98 Å². The van der Waals surface area contributed by atoms with Gasteiger partial charge < -0.3 is 4.74 Å². The third-order valence-corrected chi connectivity index (χ3v) is 2.99. The van der Waals surface area contributed by atoms with Crippen LogP contribution in [0.4, 0.5) is 13.2 Å². The first kappa shape index (κ1) is 14.7. The highest BCUT2D eigenvalue weighted by Crippen LogP contribution is 2.33. The lowest BCUT2D eigenvalue weighted by molar-refractivity contribution is -0.137. The van der Waals surface area contributed by atoms with Gasteiger partial charge in [-0.15, -0.1) is 0 Å². The van der Waals surface area contributed by atoms with Gasteiger partial charge in [-0.3, -0.25) is 0 Å². The van der Waals surface area contributed by atoms with Crippen molar-refractivity contribution in [3.8, 4) is 11.6 Å². The van der Waals surface area contributed by atoms with E-state index in [9.17, 15) is 13.2 Å². The average molecular weight is 302 g/mol. The maximum atomic E-state index is 12.7. The minimum Gasteiger partial charge on any atom is -0.439 e. The van der Waals surface area contributed by atoms with Crippen molar-refractivity contribution in [1.82, 2.24) is 4.98 Å². The molecule has 1 heterocycles. The van der Waals surface area contributed by atoms with Gasteiger partial charge in [0.15, 0.2) is 0 Å². The molecule has 0 bridgehead atoms. The zero-order chi connectivity index (χ0) is 14.9. The van der Waals surface area contributed by atoms with E-state index >= 15 is 0 Å². The fraction of sp³-hybridized carbons (Fsp3) is 0.214. The molecule has 0 aliphatic carbocycles. The van der Waals surface area contributed by atoms with Gasteiger partial charge in [-0.25, -0.2) is 4.98 Å². The van der Waals surface area contributed by atoms with E-state index in [4.69, 9.17) is 16.3 Å². The quantitative estimate of drug-likeness (QED) is 0.715. The van der Waals surface area contributed by atoms with Crippen LogP contribution in [0.25, 0.3) is 0 Å². The van der Waals surface area contributed by atoms with Gasteiger partial charge in [-0.1, -0.05) is 17.7 Å². The number of rotatable bonds is 2. The van der Waals surface area contributed by atoms with E-state index in [-0.39, 0.29) is 11.0 Å². The summed E-state index contributed by atoms with van der Waals surface area (Å²) in [6.45, 7) is 3.81. The van der Waals surface area contributed by atoms with Crippen molar-refractivity contribution in [3.63, 3.8) is 0 Å². The number of nitrogens with zero attached hydrogens (tertiary/aromatic N) is 1. The maximum absolute atomic E-state index is 12.7. The number of halogens is 4. The van der Waals surface area contributed by atoms with Crippen molar-refractivity contribution in [3.05, 3.63) is 52.2 Å². The van der Waals surface area contributed by atoms with E-state index in [0.717, 1.165) is 23.3 Å². The molecule has 2 aromatic rings. The van der Waals surface area contributed by atoms with Crippen LogP contribution in [-0.2, 0) is 6.18 Å². The highest BCUT2D eigenvalue weighted by Gasteiger charge is 2.31. The molecule has 0 aliphatic rings. The van der Waals surface area contributed by atoms with Gasteiger partial charge in [-0.2, -0.15) is 13.2 Å². The van der Waals surface area contributed by atoms with Crippen molar-refractivity contribution < 1.29 is 17.9 Å². The van der Waals surface area contributed by atoms with Crippen LogP contribution in [-0.4, -0.2) is 4.98 Å². The second-order valence-corrected chi connectivity index (χ2v) is 4.75. The van der Waals surface area contributed by atoms with Crippen LogP contribution in [0, 0.1) is 13.8 Å². The third kappa shape index (κ3) is 3.42. The van der Waals surface area contributed by atoms with Gasteiger partial charge in [0.25, 0.3) is 0 Å². The normalized spacial score (nSPS) is 11.5. The number of alkyl halides is 3. The first-order chi connectivity index (χ1) is 9.25. The molecule has 1 aromatic carbocycles. The highest BCUT2D eigenvalue weighted by atomic mass is 35.5. The number of ether oxygens (including phenoxy) is 1. The second kappa shape index (κ2) is 5.32. The molecule has 0 unspecified atom stereocenters. The van der Waals surface area contributed by atoms with Crippen molar-refractivity contribution in [1.29, 1.82) is 0 Å². The smallest absolute Gasteiger partial charge is 0.416 e. The number of pyridine rings is 1. The Morgan fingerprint density at radius 1 is 1.05 bits per heavy atom. The van der Waals surface area contributed by atoms with Crippen molar-refractivity contribution in [2.45, 2.75) is 20.0 Å². The molecular formula is C14H11ClF3NO. The topological polar surface area (TPSA) is 22.1 Å². The summed E-state index contributed by atoms with van der Waals surface area (Å²) in [5, 5.41) is -0.265. The molecule has 20 heavy (non-hydrogen) atoms. The lowest BCUT2D eigenvalue weighted by Crippen LogP contribution is -2.05. The van der Waals surface area contributed by atoms with Crippen LogP contribution >= 0.6 is 11.6 Å². The van der Waals surface area contributed by atoms with Crippen molar-refractivity contribution in [2.24, 2.45) is 0 Å². The number of aromatic nitrogens is 1. The molecule has 2 rings (SSSR count). The highest BCUT2D eigenvalue weighted by molar-refractivity contribution is 6.29. The largest absolute Gasteiger partial charge is 0.439 e. The first-order valence-corrected chi connectivity index (χ1v) is 6.13. The van der Waals surface area contributed by atoms with Crippen LogP contribution in [0.1, 0.15) is 16.7 Å². The summed E-state index contributed by atoms with van der Waals surface area (Å²) in [5.41, 5.74) is 1.14. The molecule has 0 N–H and O–H groups in total. The Morgan fingerprint density at radius 2 is 1.75 bits per heavy atom. The van der Waals surface area contributed by atoms with E-state index in [1.807, 2.05) is 19.9 Å². The first-order valence-electron chi connectivity index (χ1n) is 5.75. The standard InChI is InChI=1S/C14H11ClF3NO/c1-8-3-4-11(5-9(8)2)20-13-7-10(14(16,17)18)6-12(15)19-13/h3-7H,1-2H3. The van der Waals surface area contributed by atoms with E-state index < -0.39 is 11.7 Å². The van der Waals surface area contributed by atoms with Gasteiger partial charge >= 0.3 is 6.18 Å². The molecule has 2 nitrogen and oxygen atoms in total. The number of benzene rings is 1. The fourth-order valence-corrected chi connectivity index (χ4v) is 1.79. The van der Waals surface area contributed by atoms with Gasteiger partial charge in [0, 0.05) is 6.07 Å². The monoisotopic (exact) mass is 301 g/mol. The summed E-state index contributed by atoms with van der Waals surface area (Å²) >= 11 is 5.59. The van der Waals surface area contributed by atoms with Crippen LogP contribution in [0.3, 0.4) is 0 Å². The molecule has 106 valence electrons. The maximum Gasteiger partial charge on any atom is 0.416 e. The number of aryl methyl sites for hydroxylation is 2. The molecule has 0 atom stereocenters. The molecule has 0 saturated heterocycles. The summed E-state index contributed by atoms with van der Waals surface area (Å²) in [5.74, 6) is 0.226. The molecule has 0 amide bonds. The van der Waals surface area contributed by atoms with E-state index in [1.165, 1.54) is 0 Å². The van der Waals surface area contributed by atoms with E-state index in [1.54, 1.807) is 12.1 Å². The third-order valence-electron chi connectivity index (χ3n) is 2.80. The zero-order valence-electron chi connectivity index (χ0n) is 10.8. The Balaban J connectivity index is 2.33. The van der Waals surface area contributed by atoms with Crippen LogP contribution in [0.2, 0.25) is 5.15 Å². The minimum absolute atomic E-state index is 0.187. The van der Waals surface area contributed by atoms with Gasteiger partial charge in [-0.05, 0) is 43.2 Å². The summed E-state index contributed by atoms with van der Waals surface area (Å²) in [6, 6.07) is 6.79. The van der Waals surface area contributed by atoms with Crippen LogP contribution in [0.5, 0.6) is 11.6 Å². The van der Waals surface area contributed by atoms with Crippen LogP contribution in [0.15, 0.2) is 30.3 Å². The molecule has 0 aliphatic heterocycles. The molecule has 1 aromatic heterocycles. The van der Waals surface area contributed by atoms with Gasteiger partial charge in [0.05, 0.1) is 5.56 Å². The second-order valence-electron chi connectivity index (χ2n) is 4.36. The SMILES string of the molecule is Cc1ccc(Oc2cc(C(F)(F)F)cc(Cl)n2)cc1C. The summed E-state index contributed by atoms with van der Waals surface area (Å²) in [4.78, 5) is 3.74. The molecule has 0 radical (unpaired) electrons. The summed E-state index contributed by atoms with van der Waals surface area (Å²) in [7, 11) is 0. The lowest BCUT2D eigenvalue weighted by atomic mass is 10.1. The predicted molar refractivity (Wildman–Crippen MR) is 70.2 cm³/mol. The van der Waals surface area contributed by atoms with Gasteiger partial charge in [0.1, 0.15) is 10.9 Å². The average Bonchev–Trinajstić information content (AvgIpc) is 2.32. The van der Waals surface area contributed by atoms with Crippen molar-refractivity contribution in [2.75, 3.05) is 0 Å². The minimum atomic E-state index is -4.49. The molecule has 0 spiro atoms.